The van der Waals surface area contributed by atoms with E-state index in [4.69, 9.17) is 21.2 Å². The number of carboxylic acids is 3. The first-order valence-electron chi connectivity index (χ1n) is 10.2. The van der Waals surface area contributed by atoms with Crippen LogP contribution in [0.2, 0.25) is 0 Å². The molecular formula is C23H27N3O8. The van der Waals surface area contributed by atoms with Gasteiger partial charge in [-0.15, -0.1) is 0 Å². The first-order valence-corrected chi connectivity index (χ1v) is 10.2. The lowest BCUT2D eigenvalue weighted by molar-refractivity contribution is -0.143. The maximum atomic E-state index is 11.5. The maximum absolute atomic E-state index is 11.5. The van der Waals surface area contributed by atoms with Crippen LogP contribution in [0.4, 0.5) is 11.4 Å². The number of carboxylic acid groups (broad SMARTS) is 3. The minimum atomic E-state index is -1.14. The van der Waals surface area contributed by atoms with Crippen LogP contribution in [-0.4, -0.2) is 65.4 Å². The summed E-state index contributed by atoms with van der Waals surface area (Å²) in [5.74, 6) is 0.704. The van der Waals surface area contributed by atoms with Crippen LogP contribution >= 0.6 is 0 Å². The van der Waals surface area contributed by atoms with Gasteiger partial charge in [0.25, 0.3) is 0 Å². The van der Waals surface area contributed by atoms with E-state index in [1.54, 1.807) is 36.4 Å². The molecule has 0 unspecified atom stereocenters. The van der Waals surface area contributed by atoms with Gasteiger partial charge >= 0.3 is 23.9 Å². The molecule has 0 spiro atoms. The molecule has 5 N–H and O–H groups in total. The topological polar surface area (TPSA) is 171 Å². The Bertz CT molecular complexity index is 1020. The van der Waals surface area contributed by atoms with Crippen molar-refractivity contribution < 1.29 is 39.3 Å². The van der Waals surface area contributed by atoms with Crippen LogP contribution in [0.5, 0.6) is 0 Å². The normalized spacial score (nSPS) is 10.9. The Labute approximate surface area is 195 Å². The highest BCUT2D eigenvalue weighted by molar-refractivity contribution is 5.81. The fourth-order valence-corrected chi connectivity index (χ4v) is 3.50. The molecule has 0 aliphatic rings. The summed E-state index contributed by atoms with van der Waals surface area (Å²) < 4.78 is 0. The Balaban J connectivity index is 2.27. The molecule has 0 aromatic heterocycles. The SMILES string of the molecule is CC(C)(c1ccc(N(CC(=O)O)CC(=O)O)cc1)c1ccc(N(CC(=O)O)CC(=O)ON)cc1. The average molecular weight is 473 g/mol. The zero-order valence-corrected chi connectivity index (χ0v) is 18.8. The van der Waals surface area contributed by atoms with Crippen molar-refractivity contribution >= 4 is 35.3 Å². The second-order valence-electron chi connectivity index (χ2n) is 8.10. The van der Waals surface area contributed by atoms with Gasteiger partial charge < -0.3 is 30.0 Å². The molecule has 0 heterocycles. The Kier molecular flexibility index (Phi) is 8.57. The first kappa shape index (κ1) is 26.1. The summed E-state index contributed by atoms with van der Waals surface area (Å²) in [7, 11) is 0. The molecule has 0 atom stereocenters. The monoisotopic (exact) mass is 473 g/mol. The number of carbonyl (C=O) groups excluding carboxylic acids is 1. The zero-order valence-electron chi connectivity index (χ0n) is 18.8. The summed E-state index contributed by atoms with van der Waals surface area (Å²) in [4.78, 5) is 51.6. The third-order valence-electron chi connectivity index (χ3n) is 5.34. The largest absolute Gasteiger partial charge is 0.480 e. The molecule has 0 radical (unpaired) electrons. The zero-order chi connectivity index (χ0) is 25.5. The van der Waals surface area contributed by atoms with Crippen LogP contribution in [0.1, 0.15) is 25.0 Å². The van der Waals surface area contributed by atoms with Crippen LogP contribution in [0.25, 0.3) is 0 Å². The molecule has 0 saturated heterocycles. The number of hydrogen-bond donors (Lipinski definition) is 4. The van der Waals surface area contributed by atoms with E-state index in [0.717, 1.165) is 11.1 Å². The van der Waals surface area contributed by atoms with Crippen molar-refractivity contribution in [2.75, 3.05) is 36.0 Å². The van der Waals surface area contributed by atoms with Crippen molar-refractivity contribution in [3.8, 4) is 0 Å². The summed E-state index contributed by atoms with van der Waals surface area (Å²) in [5.41, 5.74) is 2.27. The van der Waals surface area contributed by atoms with Crippen molar-refractivity contribution in [3.63, 3.8) is 0 Å². The second-order valence-corrected chi connectivity index (χ2v) is 8.10. The highest BCUT2D eigenvalue weighted by atomic mass is 16.7. The lowest BCUT2D eigenvalue weighted by Gasteiger charge is -2.28. The Morgan fingerprint density at radius 1 is 0.706 bits per heavy atom. The lowest BCUT2D eigenvalue weighted by atomic mass is 9.78. The molecule has 34 heavy (non-hydrogen) atoms. The number of hydrogen-bond acceptors (Lipinski definition) is 8. The molecule has 11 nitrogen and oxygen atoms in total. The summed E-state index contributed by atoms with van der Waals surface area (Å²) in [6.45, 7) is 2.33. The number of rotatable bonds is 12. The van der Waals surface area contributed by atoms with E-state index >= 15 is 0 Å². The number of aliphatic carboxylic acids is 3. The molecule has 0 aliphatic carbocycles. The molecule has 0 aliphatic heterocycles. The summed E-state index contributed by atoms with van der Waals surface area (Å²) in [6, 6.07) is 14.0. The third-order valence-corrected chi connectivity index (χ3v) is 5.34. The molecule has 182 valence electrons. The van der Waals surface area contributed by atoms with Gasteiger partial charge in [0, 0.05) is 16.8 Å². The van der Waals surface area contributed by atoms with Crippen LogP contribution in [0.3, 0.4) is 0 Å². The van der Waals surface area contributed by atoms with E-state index < -0.39 is 48.9 Å². The highest BCUT2D eigenvalue weighted by Crippen LogP contribution is 2.33. The van der Waals surface area contributed by atoms with Crippen LogP contribution in [-0.2, 0) is 29.4 Å². The standard InChI is InChI=1S/C23H27N3O8/c1-23(2,15-3-7-17(8-4-15)25(11-19(27)28)12-20(29)30)16-5-9-18(10-6-16)26(13-21(31)32)14-22(33)34-24/h3-10H,11-14,24H2,1-2H3,(H,27,28)(H,29,30)(H,31,32). The Morgan fingerprint density at radius 3 is 1.32 bits per heavy atom. The van der Waals surface area contributed by atoms with Crippen molar-refractivity contribution in [2.45, 2.75) is 19.3 Å². The smallest absolute Gasteiger partial charge is 0.343 e. The predicted octanol–water partition coefficient (Wildman–Crippen LogP) is 1.30. The Hall–Kier alpha value is -4.12. The number of nitrogens with zero attached hydrogens (tertiary/aromatic N) is 2. The number of carbonyl (C=O) groups is 4. The predicted molar refractivity (Wildman–Crippen MR) is 123 cm³/mol. The van der Waals surface area contributed by atoms with Crippen molar-refractivity contribution in [2.24, 2.45) is 5.90 Å². The Morgan fingerprint density at radius 2 is 1.03 bits per heavy atom. The number of anilines is 2. The quantitative estimate of drug-likeness (QED) is 0.327. The fraction of sp³-hybridized carbons (Fsp3) is 0.304. The summed E-state index contributed by atoms with van der Waals surface area (Å²) >= 11 is 0. The van der Waals surface area contributed by atoms with Gasteiger partial charge in [0.1, 0.15) is 26.2 Å². The molecule has 0 saturated carbocycles. The van der Waals surface area contributed by atoms with E-state index in [2.05, 4.69) is 4.84 Å². The van der Waals surface area contributed by atoms with Crippen molar-refractivity contribution in [3.05, 3.63) is 59.7 Å². The van der Waals surface area contributed by atoms with Gasteiger partial charge in [0.2, 0.25) is 0 Å². The molecule has 11 heteroatoms. The van der Waals surface area contributed by atoms with E-state index in [9.17, 15) is 19.2 Å². The molecule has 0 amide bonds. The number of benzene rings is 2. The lowest BCUT2D eigenvalue weighted by Crippen LogP contribution is -2.36. The van der Waals surface area contributed by atoms with E-state index in [1.807, 2.05) is 26.0 Å². The van der Waals surface area contributed by atoms with Crippen molar-refractivity contribution in [1.82, 2.24) is 0 Å². The van der Waals surface area contributed by atoms with Crippen LogP contribution in [0.15, 0.2) is 48.5 Å². The van der Waals surface area contributed by atoms with Gasteiger partial charge in [-0.05, 0) is 35.4 Å². The molecule has 0 fully saturated rings. The van der Waals surface area contributed by atoms with E-state index in [-0.39, 0.29) is 6.54 Å². The minimum Gasteiger partial charge on any atom is -0.480 e. The van der Waals surface area contributed by atoms with E-state index in [1.165, 1.54) is 9.80 Å². The molecular weight excluding hydrogens is 446 g/mol. The van der Waals surface area contributed by atoms with Crippen LogP contribution < -0.4 is 15.7 Å². The summed E-state index contributed by atoms with van der Waals surface area (Å²) in [6.07, 6.45) is 0. The maximum Gasteiger partial charge on any atom is 0.343 e. The third kappa shape index (κ3) is 6.94. The average Bonchev–Trinajstić information content (AvgIpc) is 2.77. The van der Waals surface area contributed by atoms with Crippen molar-refractivity contribution in [1.29, 1.82) is 0 Å². The van der Waals surface area contributed by atoms with Crippen LogP contribution in [0, 0.1) is 0 Å². The number of nitrogens with two attached hydrogens (primary N) is 1. The van der Waals surface area contributed by atoms with E-state index in [0.29, 0.717) is 11.4 Å². The van der Waals surface area contributed by atoms with Gasteiger partial charge in [-0.3, -0.25) is 14.4 Å². The summed E-state index contributed by atoms with van der Waals surface area (Å²) in [5, 5.41) is 27.2. The minimum absolute atomic E-state index is 0.323. The molecule has 2 rings (SSSR count). The molecule has 2 aromatic carbocycles. The molecule has 0 bridgehead atoms. The van der Waals surface area contributed by atoms with Gasteiger partial charge in [-0.2, -0.15) is 5.90 Å². The molecule has 2 aromatic rings. The van der Waals surface area contributed by atoms with Gasteiger partial charge in [0.15, 0.2) is 0 Å². The van der Waals surface area contributed by atoms with Gasteiger partial charge in [-0.1, -0.05) is 38.1 Å². The fourth-order valence-electron chi connectivity index (χ4n) is 3.50. The highest BCUT2D eigenvalue weighted by Gasteiger charge is 2.24. The second kappa shape index (κ2) is 11.1. The van der Waals surface area contributed by atoms with Gasteiger partial charge in [-0.25, -0.2) is 4.79 Å². The first-order chi connectivity index (χ1) is 15.9. The van der Waals surface area contributed by atoms with Gasteiger partial charge in [0.05, 0.1) is 0 Å².